The van der Waals surface area contributed by atoms with Gasteiger partial charge in [-0.2, -0.15) is 0 Å². The van der Waals surface area contributed by atoms with Crippen molar-refractivity contribution in [1.29, 1.82) is 0 Å². The van der Waals surface area contributed by atoms with Gasteiger partial charge in [0.2, 0.25) is 0 Å². The normalized spacial score (nSPS) is 28.4. The third-order valence-corrected chi connectivity index (χ3v) is 6.99. The van der Waals surface area contributed by atoms with Gasteiger partial charge in [-0.3, -0.25) is 4.90 Å². The van der Waals surface area contributed by atoms with Crippen LogP contribution in [0.3, 0.4) is 0 Å². The van der Waals surface area contributed by atoms with E-state index >= 15 is 0 Å². The maximum atomic E-state index is 6.51. The molecule has 1 heterocycles. The highest BCUT2D eigenvalue weighted by molar-refractivity contribution is 6.44. The molecule has 0 amide bonds. The molecule has 2 aliphatic rings. The molecule has 0 unspecified atom stereocenters. The number of aryl methyl sites for hydroxylation is 1. The summed E-state index contributed by atoms with van der Waals surface area (Å²) in [5.74, 6) is 0.874. The zero-order valence-corrected chi connectivity index (χ0v) is 17.0. The summed E-state index contributed by atoms with van der Waals surface area (Å²) in [7, 11) is 0. The number of piperazine rings is 1. The molecule has 1 aliphatic carbocycles. The largest absolute Gasteiger partial charge is 0.365 e. The van der Waals surface area contributed by atoms with E-state index in [2.05, 4.69) is 28.9 Å². The second-order valence-electron chi connectivity index (χ2n) is 7.94. The van der Waals surface area contributed by atoms with Gasteiger partial charge in [0.1, 0.15) is 0 Å². The van der Waals surface area contributed by atoms with Gasteiger partial charge in [0.05, 0.1) is 15.7 Å². The van der Waals surface area contributed by atoms with Gasteiger partial charge >= 0.3 is 0 Å². The Morgan fingerprint density at radius 3 is 2.48 bits per heavy atom. The summed E-state index contributed by atoms with van der Waals surface area (Å²) < 4.78 is 0. The predicted octanol–water partition coefficient (Wildman–Crippen LogP) is 4.72. The Hall–Kier alpha value is -0.480. The number of benzene rings is 1. The van der Waals surface area contributed by atoms with Crippen molar-refractivity contribution in [3.8, 4) is 0 Å². The van der Waals surface area contributed by atoms with E-state index in [-0.39, 0.29) is 0 Å². The van der Waals surface area contributed by atoms with Crippen molar-refractivity contribution in [3.63, 3.8) is 0 Å². The highest BCUT2D eigenvalue weighted by Crippen LogP contribution is 2.36. The number of nitrogens with two attached hydrogens (primary N) is 1. The Morgan fingerprint density at radius 2 is 1.80 bits per heavy atom. The molecule has 1 atom stereocenters. The molecule has 1 aromatic carbocycles. The van der Waals surface area contributed by atoms with Crippen LogP contribution in [0.15, 0.2) is 12.1 Å². The number of hydrogen-bond acceptors (Lipinski definition) is 3. The van der Waals surface area contributed by atoms with Gasteiger partial charge < -0.3 is 10.6 Å². The van der Waals surface area contributed by atoms with Crippen molar-refractivity contribution in [2.45, 2.75) is 58.0 Å². The number of hydrogen-bond donors (Lipinski definition) is 1. The second kappa shape index (κ2) is 8.47. The van der Waals surface area contributed by atoms with Crippen LogP contribution in [0.2, 0.25) is 10.0 Å². The van der Waals surface area contributed by atoms with Gasteiger partial charge in [0.15, 0.2) is 0 Å². The molecule has 0 radical (unpaired) electrons. The summed E-state index contributed by atoms with van der Waals surface area (Å²) in [5.41, 5.74) is 8.13. The average Bonchev–Trinajstić information content (AvgIpc) is 2.60. The first-order chi connectivity index (χ1) is 12.0. The van der Waals surface area contributed by atoms with Gasteiger partial charge in [-0.05, 0) is 70.0 Å². The monoisotopic (exact) mass is 383 g/mol. The molecule has 2 fully saturated rings. The van der Waals surface area contributed by atoms with E-state index in [0.29, 0.717) is 22.1 Å². The predicted molar refractivity (Wildman–Crippen MR) is 109 cm³/mol. The summed E-state index contributed by atoms with van der Waals surface area (Å²) >= 11 is 12.9. The van der Waals surface area contributed by atoms with Crippen LogP contribution >= 0.6 is 23.2 Å². The zero-order valence-electron chi connectivity index (χ0n) is 15.5. The molecule has 2 N–H and O–H groups in total. The topological polar surface area (TPSA) is 32.5 Å². The Kier molecular flexibility index (Phi) is 6.54. The first kappa shape index (κ1) is 19.3. The summed E-state index contributed by atoms with van der Waals surface area (Å²) in [4.78, 5) is 5.02. The quantitative estimate of drug-likeness (QED) is 0.815. The van der Waals surface area contributed by atoms with Gasteiger partial charge in [-0.25, -0.2) is 0 Å². The average molecular weight is 384 g/mol. The number of nitrogens with zero attached hydrogens (tertiary/aromatic N) is 2. The fraction of sp³-hybridized carbons (Fsp3) is 0.700. The molecule has 1 saturated carbocycles. The van der Waals surface area contributed by atoms with Crippen molar-refractivity contribution >= 4 is 28.9 Å². The van der Waals surface area contributed by atoms with Crippen LogP contribution in [0.4, 0.5) is 5.69 Å². The van der Waals surface area contributed by atoms with E-state index in [4.69, 9.17) is 28.9 Å². The zero-order chi connectivity index (χ0) is 18.0. The maximum absolute atomic E-state index is 6.51. The Balaban J connectivity index is 1.53. The lowest BCUT2D eigenvalue weighted by atomic mass is 9.84. The third-order valence-electron chi connectivity index (χ3n) is 6.02. The third kappa shape index (κ3) is 4.63. The molecule has 25 heavy (non-hydrogen) atoms. The molecule has 3 nitrogen and oxygen atoms in total. The SMILES string of the molecule is Cc1ccc(N2CCN(CC[C@H]3CC[C@H](N)CC3)C[C@H]2C)c(Cl)c1Cl. The highest BCUT2D eigenvalue weighted by Gasteiger charge is 2.27. The number of rotatable bonds is 4. The van der Waals surface area contributed by atoms with Crippen LogP contribution in [0.5, 0.6) is 0 Å². The summed E-state index contributed by atoms with van der Waals surface area (Å²) in [5, 5.41) is 1.38. The van der Waals surface area contributed by atoms with Crippen molar-refractivity contribution in [2.24, 2.45) is 11.7 Å². The highest BCUT2D eigenvalue weighted by atomic mass is 35.5. The van der Waals surface area contributed by atoms with E-state index in [1.165, 1.54) is 38.6 Å². The van der Waals surface area contributed by atoms with Crippen molar-refractivity contribution < 1.29 is 0 Å². The van der Waals surface area contributed by atoms with Crippen molar-refractivity contribution in [2.75, 3.05) is 31.1 Å². The van der Waals surface area contributed by atoms with Crippen LogP contribution in [-0.4, -0.2) is 43.2 Å². The van der Waals surface area contributed by atoms with Crippen LogP contribution in [0, 0.1) is 12.8 Å². The van der Waals surface area contributed by atoms with Crippen LogP contribution in [0.1, 0.15) is 44.6 Å². The Labute approximate surface area is 162 Å². The lowest BCUT2D eigenvalue weighted by Gasteiger charge is -2.42. The fourth-order valence-corrected chi connectivity index (χ4v) is 4.77. The fourth-order valence-electron chi connectivity index (χ4n) is 4.29. The lowest BCUT2D eigenvalue weighted by molar-refractivity contribution is 0.198. The summed E-state index contributed by atoms with van der Waals surface area (Å²) in [6, 6.07) is 5.08. The van der Waals surface area contributed by atoms with Crippen molar-refractivity contribution in [1.82, 2.24) is 4.90 Å². The lowest BCUT2D eigenvalue weighted by Crippen LogP contribution is -2.52. The van der Waals surface area contributed by atoms with Crippen LogP contribution in [-0.2, 0) is 0 Å². The molecule has 1 aromatic rings. The smallest absolute Gasteiger partial charge is 0.0828 e. The van der Waals surface area contributed by atoms with Crippen molar-refractivity contribution in [3.05, 3.63) is 27.7 Å². The Bertz CT molecular complexity index is 585. The minimum absolute atomic E-state index is 0.449. The van der Waals surface area contributed by atoms with E-state index in [0.717, 1.165) is 36.8 Å². The van der Waals surface area contributed by atoms with Crippen LogP contribution < -0.4 is 10.6 Å². The van der Waals surface area contributed by atoms with Crippen LogP contribution in [0.25, 0.3) is 0 Å². The van der Waals surface area contributed by atoms with Gasteiger partial charge in [0.25, 0.3) is 0 Å². The first-order valence-corrected chi connectivity index (χ1v) is 10.4. The maximum Gasteiger partial charge on any atom is 0.0828 e. The molecule has 1 aliphatic heterocycles. The molecular formula is C20H31Cl2N3. The molecule has 0 spiro atoms. The number of halogens is 2. The molecule has 0 aromatic heterocycles. The first-order valence-electron chi connectivity index (χ1n) is 9.65. The van der Waals surface area contributed by atoms with Gasteiger partial charge in [-0.15, -0.1) is 0 Å². The molecule has 5 heteroatoms. The molecule has 140 valence electrons. The standard InChI is InChI=1S/C20H31Cl2N3/c1-14-3-8-18(20(22)19(14)21)25-12-11-24(13-15(25)2)10-9-16-4-6-17(23)7-5-16/h3,8,15-17H,4-7,9-13,23H2,1-2H3/t15-,16-,17-/m1/s1. The Morgan fingerprint density at radius 1 is 1.08 bits per heavy atom. The van der Waals surface area contributed by atoms with Gasteiger partial charge in [-0.1, -0.05) is 29.3 Å². The van der Waals surface area contributed by atoms with E-state index in [1.807, 2.05) is 6.92 Å². The molecule has 3 rings (SSSR count). The number of anilines is 1. The minimum atomic E-state index is 0.449. The summed E-state index contributed by atoms with van der Waals surface area (Å²) in [6.45, 7) is 8.69. The molecular weight excluding hydrogens is 353 g/mol. The van der Waals surface area contributed by atoms with E-state index < -0.39 is 0 Å². The summed E-state index contributed by atoms with van der Waals surface area (Å²) in [6.07, 6.45) is 6.36. The minimum Gasteiger partial charge on any atom is -0.365 e. The van der Waals surface area contributed by atoms with E-state index in [1.54, 1.807) is 0 Å². The second-order valence-corrected chi connectivity index (χ2v) is 8.70. The molecule has 0 bridgehead atoms. The molecule has 1 saturated heterocycles. The van der Waals surface area contributed by atoms with Gasteiger partial charge in [0, 0.05) is 31.7 Å². The van der Waals surface area contributed by atoms with E-state index in [9.17, 15) is 0 Å².